The summed E-state index contributed by atoms with van der Waals surface area (Å²) in [6.45, 7) is 2.80. The van der Waals surface area contributed by atoms with Crippen molar-refractivity contribution >= 4 is 10.0 Å². The molecule has 0 aromatic carbocycles. The zero-order valence-electron chi connectivity index (χ0n) is 11.5. The summed E-state index contributed by atoms with van der Waals surface area (Å²) in [5.41, 5.74) is -0.253. The second kappa shape index (κ2) is 6.49. The third-order valence-electron chi connectivity index (χ3n) is 3.92. The monoisotopic (exact) mass is 292 g/mol. The maximum absolute atomic E-state index is 12.2. The Morgan fingerprint density at radius 1 is 1.47 bits per heavy atom. The van der Waals surface area contributed by atoms with Gasteiger partial charge in [0.15, 0.2) is 0 Å². The molecule has 0 aromatic heterocycles. The lowest BCUT2D eigenvalue weighted by Crippen LogP contribution is -2.54. The highest BCUT2D eigenvalue weighted by molar-refractivity contribution is 7.90. The average Bonchev–Trinajstić information content (AvgIpc) is 2.87. The predicted octanol–water partition coefficient (Wildman–Crippen LogP) is -0.147. The topological polar surface area (TPSA) is 76.7 Å². The van der Waals surface area contributed by atoms with Gasteiger partial charge in [-0.05, 0) is 32.2 Å². The first-order chi connectivity index (χ1) is 9.08. The molecule has 6 nitrogen and oxygen atoms in total. The fourth-order valence-corrected chi connectivity index (χ4v) is 4.25. The highest BCUT2D eigenvalue weighted by Gasteiger charge is 2.36. The highest BCUT2D eigenvalue weighted by Crippen LogP contribution is 2.20. The lowest BCUT2D eigenvalue weighted by Gasteiger charge is -2.30. The van der Waals surface area contributed by atoms with E-state index in [0.29, 0.717) is 32.8 Å². The first kappa shape index (κ1) is 15.2. The summed E-state index contributed by atoms with van der Waals surface area (Å²) in [5.74, 6) is 0. The van der Waals surface area contributed by atoms with E-state index in [1.807, 2.05) is 0 Å². The van der Waals surface area contributed by atoms with Crippen molar-refractivity contribution in [1.82, 2.24) is 10.0 Å². The maximum atomic E-state index is 12.2. The van der Waals surface area contributed by atoms with E-state index in [0.717, 1.165) is 25.8 Å². The van der Waals surface area contributed by atoms with E-state index in [9.17, 15) is 8.42 Å². The zero-order chi connectivity index (χ0) is 13.8. The Labute approximate surface area is 115 Å². The Kier molecular flexibility index (Phi) is 5.19. The van der Waals surface area contributed by atoms with Crippen molar-refractivity contribution in [1.29, 1.82) is 0 Å². The van der Waals surface area contributed by atoms with Gasteiger partial charge in [-0.2, -0.15) is 0 Å². The fourth-order valence-electron chi connectivity index (χ4n) is 2.78. The number of nitrogens with one attached hydrogen (secondary N) is 2. The molecule has 2 heterocycles. The standard InChI is InChI=1S/C12H24N2O4S/c1-17-10-12(5-3-6-13-12)9-14-19(15,16)11-4-2-7-18-8-11/h11,13-14H,2-10H2,1H3. The van der Waals surface area contributed by atoms with Gasteiger partial charge in [-0.15, -0.1) is 0 Å². The normalized spacial score (nSPS) is 32.6. The molecule has 2 aliphatic heterocycles. The van der Waals surface area contributed by atoms with Gasteiger partial charge in [0.1, 0.15) is 0 Å². The fraction of sp³-hybridized carbons (Fsp3) is 1.00. The molecule has 0 spiro atoms. The Morgan fingerprint density at radius 3 is 2.89 bits per heavy atom. The van der Waals surface area contributed by atoms with Crippen molar-refractivity contribution in [2.75, 3.05) is 40.0 Å². The molecule has 2 saturated heterocycles. The molecule has 19 heavy (non-hydrogen) atoms. The first-order valence-electron chi connectivity index (χ1n) is 6.88. The Morgan fingerprint density at radius 2 is 2.32 bits per heavy atom. The third-order valence-corrected chi connectivity index (χ3v) is 5.72. The second-order valence-electron chi connectivity index (χ2n) is 5.45. The van der Waals surface area contributed by atoms with Crippen LogP contribution in [0.3, 0.4) is 0 Å². The summed E-state index contributed by atoms with van der Waals surface area (Å²) >= 11 is 0. The van der Waals surface area contributed by atoms with Gasteiger partial charge in [0.05, 0.1) is 24.0 Å². The van der Waals surface area contributed by atoms with Crippen LogP contribution in [0.25, 0.3) is 0 Å². The van der Waals surface area contributed by atoms with Gasteiger partial charge >= 0.3 is 0 Å². The first-order valence-corrected chi connectivity index (χ1v) is 8.43. The molecule has 0 radical (unpaired) electrons. The largest absolute Gasteiger partial charge is 0.383 e. The van der Waals surface area contributed by atoms with E-state index in [-0.39, 0.29) is 5.54 Å². The number of sulfonamides is 1. The quantitative estimate of drug-likeness (QED) is 0.712. The van der Waals surface area contributed by atoms with E-state index in [1.54, 1.807) is 7.11 Å². The van der Waals surface area contributed by atoms with E-state index in [1.165, 1.54) is 0 Å². The van der Waals surface area contributed by atoms with E-state index in [4.69, 9.17) is 9.47 Å². The molecule has 0 aromatic rings. The van der Waals surface area contributed by atoms with Crippen LogP contribution in [0.15, 0.2) is 0 Å². The average molecular weight is 292 g/mol. The van der Waals surface area contributed by atoms with Gasteiger partial charge in [-0.1, -0.05) is 0 Å². The maximum Gasteiger partial charge on any atom is 0.216 e. The third kappa shape index (κ3) is 3.88. The number of rotatable bonds is 6. The van der Waals surface area contributed by atoms with E-state index >= 15 is 0 Å². The molecular formula is C12H24N2O4S. The van der Waals surface area contributed by atoms with Crippen molar-refractivity contribution in [2.45, 2.75) is 36.5 Å². The molecule has 2 rings (SSSR count). The molecule has 112 valence electrons. The summed E-state index contributed by atoms with van der Waals surface area (Å²) < 4.78 is 37.7. The van der Waals surface area contributed by atoms with E-state index < -0.39 is 15.3 Å². The van der Waals surface area contributed by atoms with Crippen LogP contribution in [0.4, 0.5) is 0 Å². The molecule has 0 saturated carbocycles. The molecule has 0 bridgehead atoms. The van der Waals surface area contributed by atoms with E-state index in [2.05, 4.69) is 10.0 Å². The smallest absolute Gasteiger partial charge is 0.216 e. The van der Waals surface area contributed by atoms with Crippen molar-refractivity contribution in [3.63, 3.8) is 0 Å². The van der Waals surface area contributed by atoms with Crippen molar-refractivity contribution < 1.29 is 17.9 Å². The SMILES string of the molecule is COCC1(CNS(=O)(=O)C2CCCOC2)CCCN1. The minimum Gasteiger partial charge on any atom is -0.383 e. The van der Waals surface area contributed by atoms with Gasteiger partial charge in [0.2, 0.25) is 10.0 Å². The summed E-state index contributed by atoms with van der Waals surface area (Å²) in [4.78, 5) is 0. The lowest BCUT2D eigenvalue weighted by atomic mass is 9.99. The summed E-state index contributed by atoms with van der Waals surface area (Å²) in [6.07, 6.45) is 3.48. The van der Waals surface area contributed by atoms with Crippen LogP contribution < -0.4 is 10.0 Å². The minimum atomic E-state index is -3.30. The summed E-state index contributed by atoms with van der Waals surface area (Å²) in [7, 11) is -1.65. The molecular weight excluding hydrogens is 268 g/mol. The number of hydrogen-bond acceptors (Lipinski definition) is 5. The second-order valence-corrected chi connectivity index (χ2v) is 7.49. The Bertz CT molecular complexity index is 373. The van der Waals surface area contributed by atoms with Gasteiger partial charge in [0.25, 0.3) is 0 Å². The molecule has 2 fully saturated rings. The minimum absolute atomic E-state index is 0.253. The molecule has 0 amide bonds. The van der Waals surface area contributed by atoms with Crippen molar-refractivity contribution in [3.8, 4) is 0 Å². The zero-order valence-corrected chi connectivity index (χ0v) is 12.3. The van der Waals surface area contributed by atoms with Crippen LogP contribution in [0.5, 0.6) is 0 Å². The molecule has 2 unspecified atom stereocenters. The molecule has 2 aliphatic rings. The molecule has 2 N–H and O–H groups in total. The van der Waals surface area contributed by atoms with Gasteiger partial charge in [0, 0.05) is 20.3 Å². The number of ether oxygens (including phenoxy) is 2. The van der Waals surface area contributed by atoms with Gasteiger partial charge < -0.3 is 14.8 Å². The lowest BCUT2D eigenvalue weighted by molar-refractivity contribution is 0.0982. The van der Waals surface area contributed by atoms with Crippen LogP contribution in [0.2, 0.25) is 0 Å². The van der Waals surface area contributed by atoms with Crippen LogP contribution in [0.1, 0.15) is 25.7 Å². The molecule has 2 atom stereocenters. The van der Waals surface area contributed by atoms with Gasteiger partial charge in [-0.3, -0.25) is 0 Å². The van der Waals surface area contributed by atoms with Gasteiger partial charge in [-0.25, -0.2) is 13.1 Å². The summed E-state index contributed by atoms with van der Waals surface area (Å²) in [5, 5.41) is 2.95. The highest BCUT2D eigenvalue weighted by atomic mass is 32.2. The van der Waals surface area contributed by atoms with Crippen LogP contribution in [-0.4, -0.2) is 59.2 Å². The molecule has 7 heteroatoms. The van der Waals surface area contributed by atoms with Crippen molar-refractivity contribution in [3.05, 3.63) is 0 Å². The Balaban J connectivity index is 1.92. The molecule has 0 aliphatic carbocycles. The van der Waals surface area contributed by atoms with Crippen LogP contribution in [-0.2, 0) is 19.5 Å². The number of methoxy groups -OCH3 is 1. The van der Waals surface area contributed by atoms with Crippen molar-refractivity contribution in [2.24, 2.45) is 0 Å². The Hall–Kier alpha value is -0.210. The predicted molar refractivity (Wildman–Crippen MR) is 72.6 cm³/mol. The number of hydrogen-bond donors (Lipinski definition) is 2. The van der Waals surface area contributed by atoms with Crippen LogP contribution >= 0.6 is 0 Å². The summed E-state index contributed by atoms with van der Waals surface area (Å²) in [6, 6.07) is 0. The van der Waals surface area contributed by atoms with Crippen LogP contribution in [0, 0.1) is 0 Å².